The van der Waals surface area contributed by atoms with E-state index >= 15 is 0 Å². The zero-order chi connectivity index (χ0) is 12.1. The SMILES string of the molecule is COC(=O)C(Br)CNC(=O)c1snnc1C. The highest BCUT2D eigenvalue weighted by molar-refractivity contribution is 9.10. The molecule has 0 aliphatic carbocycles. The molecule has 88 valence electrons. The predicted molar refractivity (Wildman–Crippen MR) is 61.7 cm³/mol. The summed E-state index contributed by atoms with van der Waals surface area (Å²) >= 11 is 4.12. The molecule has 0 aliphatic rings. The summed E-state index contributed by atoms with van der Waals surface area (Å²) in [5.74, 6) is -0.722. The van der Waals surface area contributed by atoms with Gasteiger partial charge in [-0.15, -0.1) is 5.10 Å². The summed E-state index contributed by atoms with van der Waals surface area (Å²) in [7, 11) is 1.29. The van der Waals surface area contributed by atoms with Gasteiger partial charge in [0.05, 0.1) is 12.8 Å². The topological polar surface area (TPSA) is 81.2 Å². The molecule has 1 N–H and O–H groups in total. The van der Waals surface area contributed by atoms with Crippen LogP contribution in [0.3, 0.4) is 0 Å². The number of hydrogen-bond donors (Lipinski definition) is 1. The summed E-state index contributed by atoms with van der Waals surface area (Å²) in [5, 5.41) is 6.31. The van der Waals surface area contributed by atoms with E-state index in [4.69, 9.17) is 0 Å². The van der Waals surface area contributed by atoms with Gasteiger partial charge in [-0.1, -0.05) is 20.4 Å². The van der Waals surface area contributed by atoms with Gasteiger partial charge in [0.15, 0.2) is 0 Å². The number of methoxy groups -OCH3 is 1. The largest absolute Gasteiger partial charge is 0.468 e. The van der Waals surface area contributed by atoms with Crippen LogP contribution >= 0.6 is 27.5 Å². The van der Waals surface area contributed by atoms with Crippen molar-refractivity contribution in [3.05, 3.63) is 10.6 Å². The van der Waals surface area contributed by atoms with Crippen LogP contribution in [0, 0.1) is 6.92 Å². The molecule has 0 aromatic carbocycles. The van der Waals surface area contributed by atoms with Gasteiger partial charge in [0.1, 0.15) is 9.70 Å². The maximum atomic E-state index is 11.6. The van der Waals surface area contributed by atoms with Gasteiger partial charge in [-0.3, -0.25) is 9.59 Å². The van der Waals surface area contributed by atoms with Crippen molar-refractivity contribution in [3.8, 4) is 0 Å². The molecule has 1 heterocycles. The van der Waals surface area contributed by atoms with E-state index in [1.165, 1.54) is 7.11 Å². The number of carbonyl (C=O) groups excluding carboxylic acids is 2. The average molecular weight is 308 g/mol. The lowest BCUT2D eigenvalue weighted by Gasteiger charge is -2.08. The first-order chi connectivity index (χ1) is 7.56. The number of carbonyl (C=O) groups is 2. The maximum Gasteiger partial charge on any atom is 0.321 e. The standard InChI is InChI=1S/C8H10BrN3O3S/c1-4-6(16-12-11-4)7(13)10-3-5(9)8(14)15-2/h5H,3H2,1-2H3,(H,10,13). The summed E-state index contributed by atoms with van der Waals surface area (Å²) in [5.41, 5.74) is 0.576. The molecule has 0 radical (unpaired) electrons. The van der Waals surface area contributed by atoms with E-state index in [-0.39, 0.29) is 12.5 Å². The van der Waals surface area contributed by atoms with Crippen LogP contribution in [0.15, 0.2) is 0 Å². The Morgan fingerprint density at radius 1 is 1.62 bits per heavy atom. The van der Waals surface area contributed by atoms with Crippen molar-refractivity contribution in [1.29, 1.82) is 0 Å². The number of nitrogens with zero attached hydrogens (tertiary/aromatic N) is 2. The lowest BCUT2D eigenvalue weighted by molar-refractivity contribution is -0.139. The van der Waals surface area contributed by atoms with Gasteiger partial charge in [0, 0.05) is 6.54 Å². The zero-order valence-electron chi connectivity index (χ0n) is 8.69. The Morgan fingerprint density at radius 2 is 2.31 bits per heavy atom. The van der Waals surface area contributed by atoms with Gasteiger partial charge < -0.3 is 10.1 Å². The van der Waals surface area contributed by atoms with Crippen LogP contribution in [0.2, 0.25) is 0 Å². The lowest BCUT2D eigenvalue weighted by Crippen LogP contribution is -2.33. The average Bonchev–Trinajstić information content (AvgIpc) is 2.70. The van der Waals surface area contributed by atoms with Crippen LogP contribution in [0.1, 0.15) is 15.4 Å². The van der Waals surface area contributed by atoms with E-state index in [2.05, 4.69) is 35.6 Å². The Morgan fingerprint density at radius 3 is 2.81 bits per heavy atom. The number of esters is 1. The Hall–Kier alpha value is -1.02. The van der Waals surface area contributed by atoms with Crippen molar-refractivity contribution >= 4 is 39.3 Å². The Labute approximate surface area is 105 Å². The number of ether oxygens (including phenoxy) is 1. The second kappa shape index (κ2) is 5.90. The molecule has 1 atom stereocenters. The summed E-state index contributed by atoms with van der Waals surface area (Å²) in [6.07, 6.45) is 0. The molecular formula is C8H10BrN3O3S. The molecular weight excluding hydrogens is 298 g/mol. The lowest BCUT2D eigenvalue weighted by atomic mass is 10.3. The van der Waals surface area contributed by atoms with E-state index in [9.17, 15) is 9.59 Å². The number of hydrogen-bond acceptors (Lipinski definition) is 6. The van der Waals surface area contributed by atoms with Gasteiger partial charge in [0.2, 0.25) is 0 Å². The molecule has 16 heavy (non-hydrogen) atoms. The fraction of sp³-hybridized carbons (Fsp3) is 0.500. The Balaban J connectivity index is 2.48. The first-order valence-corrected chi connectivity index (χ1v) is 6.04. The number of amides is 1. The number of aromatic nitrogens is 2. The van der Waals surface area contributed by atoms with Crippen molar-refractivity contribution in [1.82, 2.24) is 14.9 Å². The number of aryl methyl sites for hydroxylation is 1. The quantitative estimate of drug-likeness (QED) is 0.647. The van der Waals surface area contributed by atoms with Crippen LogP contribution in [0.5, 0.6) is 0 Å². The number of rotatable bonds is 4. The van der Waals surface area contributed by atoms with Crippen LogP contribution in [-0.2, 0) is 9.53 Å². The van der Waals surface area contributed by atoms with E-state index in [0.717, 1.165) is 11.5 Å². The minimum atomic E-state index is -0.553. The first-order valence-electron chi connectivity index (χ1n) is 4.35. The second-order valence-corrected chi connectivity index (χ2v) is 4.75. The molecule has 1 aromatic heterocycles. The normalized spacial score (nSPS) is 11.9. The molecule has 1 rings (SSSR count). The van der Waals surface area contributed by atoms with Crippen LogP contribution in [0.25, 0.3) is 0 Å². The Bertz CT molecular complexity index is 396. The summed E-state index contributed by atoms with van der Waals surface area (Å²) < 4.78 is 8.15. The zero-order valence-corrected chi connectivity index (χ0v) is 11.1. The fourth-order valence-corrected chi connectivity index (χ4v) is 1.84. The van der Waals surface area contributed by atoms with E-state index < -0.39 is 10.8 Å². The third kappa shape index (κ3) is 3.24. The highest BCUT2D eigenvalue weighted by Crippen LogP contribution is 2.09. The van der Waals surface area contributed by atoms with Gasteiger partial charge in [0.25, 0.3) is 5.91 Å². The molecule has 0 spiro atoms. The van der Waals surface area contributed by atoms with Gasteiger partial charge >= 0.3 is 5.97 Å². The first kappa shape index (κ1) is 13.0. The minimum absolute atomic E-state index is 0.156. The Kier molecular flexibility index (Phi) is 4.81. The minimum Gasteiger partial charge on any atom is -0.468 e. The highest BCUT2D eigenvalue weighted by atomic mass is 79.9. The van der Waals surface area contributed by atoms with Crippen molar-refractivity contribution in [2.45, 2.75) is 11.8 Å². The summed E-state index contributed by atoms with van der Waals surface area (Å²) in [6.45, 7) is 1.85. The van der Waals surface area contributed by atoms with Gasteiger partial charge in [-0.2, -0.15) is 0 Å². The molecule has 6 nitrogen and oxygen atoms in total. The van der Waals surface area contributed by atoms with Crippen molar-refractivity contribution in [2.75, 3.05) is 13.7 Å². The van der Waals surface area contributed by atoms with E-state index in [1.54, 1.807) is 6.92 Å². The molecule has 1 unspecified atom stereocenters. The molecule has 0 saturated carbocycles. The van der Waals surface area contributed by atoms with E-state index in [1.807, 2.05) is 0 Å². The highest BCUT2D eigenvalue weighted by Gasteiger charge is 2.18. The number of halogens is 1. The van der Waals surface area contributed by atoms with Crippen molar-refractivity contribution in [2.24, 2.45) is 0 Å². The van der Waals surface area contributed by atoms with Gasteiger partial charge in [-0.05, 0) is 18.5 Å². The molecule has 8 heteroatoms. The maximum absolute atomic E-state index is 11.6. The molecule has 0 aliphatic heterocycles. The van der Waals surface area contributed by atoms with Crippen molar-refractivity contribution in [3.63, 3.8) is 0 Å². The van der Waals surface area contributed by atoms with Crippen LogP contribution in [-0.4, -0.2) is 39.9 Å². The van der Waals surface area contributed by atoms with Crippen LogP contribution < -0.4 is 5.32 Å². The fourth-order valence-electron chi connectivity index (χ4n) is 0.913. The molecule has 0 fully saturated rings. The second-order valence-electron chi connectivity index (χ2n) is 2.89. The number of nitrogens with one attached hydrogen (secondary N) is 1. The summed E-state index contributed by atoms with van der Waals surface area (Å²) in [6, 6.07) is 0. The third-order valence-electron chi connectivity index (χ3n) is 1.76. The van der Waals surface area contributed by atoms with Crippen molar-refractivity contribution < 1.29 is 14.3 Å². The molecule has 0 bridgehead atoms. The van der Waals surface area contributed by atoms with E-state index in [0.29, 0.717) is 10.6 Å². The predicted octanol–water partition coefficient (Wildman–Crippen LogP) is 0.513. The molecule has 1 amide bonds. The molecule has 0 saturated heterocycles. The van der Waals surface area contributed by atoms with Gasteiger partial charge in [-0.25, -0.2) is 0 Å². The monoisotopic (exact) mass is 307 g/mol. The van der Waals surface area contributed by atoms with Crippen LogP contribution in [0.4, 0.5) is 0 Å². The molecule has 1 aromatic rings. The third-order valence-corrected chi connectivity index (χ3v) is 3.28. The smallest absolute Gasteiger partial charge is 0.321 e. The number of alkyl halides is 1. The summed E-state index contributed by atoms with van der Waals surface area (Å²) in [4.78, 5) is 22.5.